The number of halogens is 3. The maximum atomic E-state index is 14.0. The summed E-state index contributed by atoms with van der Waals surface area (Å²) in [7, 11) is 0. The number of benzene rings is 2. The predicted octanol–water partition coefficient (Wildman–Crippen LogP) is 3.67. The Balaban J connectivity index is 2.27. The summed E-state index contributed by atoms with van der Waals surface area (Å²) in [5, 5.41) is 2.45. The Morgan fingerprint density at radius 2 is 1.90 bits per heavy atom. The first kappa shape index (κ1) is 13.9. The van der Waals surface area contributed by atoms with Crippen molar-refractivity contribution in [2.75, 3.05) is 5.32 Å². The second-order valence-corrected chi connectivity index (χ2v) is 5.39. The lowest BCUT2D eigenvalue weighted by Crippen LogP contribution is -2.21. The first-order valence-electron chi connectivity index (χ1n) is 6.14. The smallest absolute Gasteiger partial charge is 0.281 e. The van der Waals surface area contributed by atoms with E-state index >= 15 is 0 Å². The molecule has 1 unspecified atom stereocenters. The SMILES string of the molecule is O=C1Nc2ccc(Br)cc2C(c2ccccc2F)=NC1F. The minimum absolute atomic E-state index is 0.107. The minimum Gasteiger partial charge on any atom is -0.321 e. The molecular weight excluding hydrogens is 342 g/mol. The van der Waals surface area contributed by atoms with E-state index in [-0.39, 0.29) is 11.3 Å². The van der Waals surface area contributed by atoms with Gasteiger partial charge in [0.25, 0.3) is 12.2 Å². The van der Waals surface area contributed by atoms with Crippen LogP contribution in [0, 0.1) is 5.82 Å². The van der Waals surface area contributed by atoms with E-state index in [1.54, 1.807) is 24.3 Å². The summed E-state index contributed by atoms with van der Waals surface area (Å²) in [6.45, 7) is 0. The topological polar surface area (TPSA) is 41.5 Å². The summed E-state index contributed by atoms with van der Waals surface area (Å²) in [4.78, 5) is 15.4. The monoisotopic (exact) mass is 350 g/mol. The Labute approximate surface area is 127 Å². The van der Waals surface area contributed by atoms with Crippen molar-refractivity contribution in [3.63, 3.8) is 0 Å². The number of aliphatic imine (C=N–C) groups is 1. The van der Waals surface area contributed by atoms with E-state index in [4.69, 9.17) is 0 Å². The van der Waals surface area contributed by atoms with Gasteiger partial charge in [0.2, 0.25) is 0 Å². The number of carbonyl (C=O) groups excluding carboxylic acids is 1. The molecule has 6 heteroatoms. The van der Waals surface area contributed by atoms with Crippen LogP contribution >= 0.6 is 15.9 Å². The number of rotatable bonds is 1. The van der Waals surface area contributed by atoms with Crippen molar-refractivity contribution in [1.29, 1.82) is 0 Å². The molecule has 1 aliphatic rings. The predicted molar refractivity (Wildman–Crippen MR) is 79.7 cm³/mol. The molecule has 0 spiro atoms. The first-order valence-corrected chi connectivity index (χ1v) is 6.93. The van der Waals surface area contributed by atoms with Crippen molar-refractivity contribution in [2.24, 2.45) is 4.99 Å². The Bertz CT molecular complexity index is 761. The third-order valence-corrected chi connectivity index (χ3v) is 3.58. The number of fused-ring (bicyclic) bond motifs is 1. The highest BCUT2D eigenvalue weighted by Gasteiger charge is 2.26. The number of anilines is 1. The highest BCUT2D eigenvalue weighted by atomic mass is 79.9. The summed E-state index contributed by atoms with van der Waals surface area (Å²) in [6.07, 6.45) is -2.08. The number of alkyl halides is 1. The van der Waals surface area contributed by atoms with Crippen LogP contribution in [0.4, 0.5) is 14.5 Å². The van der Waals surface area contributed by atoms with Crippen LogP contribution in [0.25, 0.3) is 0 Å². The second kappa shape index (κ2) is 5.37. The fourth-order valence-corrected chi connectivity index (χ4v) is 2.48. The molecule has 0 bridgehead atoms. The third kappa shape index (κ3) is 2.58. The van der Waals surface area contributed by atoms with E-state index in [9.17, 15) is 13.6 Å². The van der Waals surface area contributed by atoms with E-state index in [0.717, 1.165) is 4.47 Å². The summed E-state index contributed by atoms with van der Waals surface area (Å²) in [5.74, 6) is -1.39. The molecule has 0 radical (unpaired) electrons. The van der Waals surface area contributed by atoms with Gasteiger partial charge in [-0.2, -0.15) is 0 Å². The number of nitrogens with one attached hydrogen (secondary N) is 1. The molecule has 1 amide bonds. The third-order valence-electron chi connectivity index (χ3n) is 3.08. The Hall–Kier alpha value is -2.08. The lowest BCUT2D eigenvalue weighted by Gasteiger charge is -2.10. The van der Waals surface area contributed by atoms with Crippen molar-refractivity contribution in [3.05, 3.63) is 63.9 Å². The van der Waals surface area contributed by atoms with Crippen molar-refractivity contribution >= 4 is 33.2 Å². The molecule has 106 valence electrons. The fraction of sp³-hybridized carbons (Fsp3) is 0.0667. The van der Waals surface area contributed by atoms with E-state index in [1.165, 1.54) is 18.2 Å². The van der Waals surface area contributed by atoms with E-state index < -0.39 is 18.0 Å². The number of carbonyl (C=O) groups is 1. The van der Waals surface area contributed by atoms with Crippen LogP contribution in [0.15, 0.2) is 51.9 Å². The van der Waals surface area contributed by atoms with Gasteiger partial charge in [0, 0.05) is 15.6 Å². The molecule has 1 atom stereocenters. The molecule has 3 nitrogen and oxygen atoms in total. The fourth-order valence-electron chi connectivity index (χ4n) is 2.12. The first-order chi connectivity index (χ1) is 10.1. The lowest BCUT2D eigenvalue weighted by atomic mass is 10.0. The van der Waals surface area contributed by atoms with Gasteiger partial charge >= 0.3 is 0 Å². The van der Waals surface area contributed by atoms with E-state index in [2.05, 4.69) is 26.2 Å². The molecule has 2 aromatic rings. The van der Waals surface area contributed by atoms with E-state index in [1.807, 2.05) is 0 Å². The zero-order chi connectivity index (χ0) is 15.0. The van der Waals surface area contributed by atoms with Crippen LogP contribution in [0.1, 0.15) is 11.1 Å². The van der Waals surface area contributed by atoms with Crippen LogP contribution in [0.5, 0.6) is 0 Å². The van der Waals surface area contributed by atoms with Gasteiger partial charge in [0.15, 0.2) is 0 Å². The maximum absolute atomic E-state index is 14.0. The van der Waals surface area contributed by atoms with Crippen molar-refractivity contribution in [3.8, 4) is 0 Å². The molecular formula is C15H9BrF2N2O. The molecule has 0 saturated carbocycles. The van der Waals surface area contributed by atoms with Crippen LogP contribution < -0.4 is 5.32 Å². The standard InChI is InChI=1S/C15H9BrF2N2O/c16-8-5-6-12-10(7-8)13(20-14(18)15(21)19-12)9-3-1-2-4-11(9)17/h1-7,14H,(H,19,21). The summed E-state index contributed by atoms with van der Waals surface area (Å²) in [5.41, 5.74) is 1.11. The van der Waals surface area contributed by atoms with Gasteiger partial charge in [-0.15, -0.1) is 0 Å². The summed E-state index contributed by atoms with van der Waals surface area (Å²) in [6, 6.07) is 10.9. The van der Waals surface area contributed by atoms with Gasteiger partial charge in [0.1, 0.15) is 5.82 Å². The van der Waals surface area contributed by atoms with Crippen LogP contribution in [-0.2, 0) is 4.79 Å². The largest absolute Gasteiger partial charge is 0.321 e. The highest BCUT2D eigenvalue weighted by molar-refractivity contribution is 9.10. The molecule has 21 heavy (non-hydrogen) atoms. The Morgan fingerprint density at radius 3 is 2.67 bits per heavy atom. The number of hydrogen-bond acceptors (Lipinski definition) is 2. The highest BCUT2D eigenvalue weighted by Crippen LogP contribution is 2.28. The van der Waals surface area contributed by atoms with Crippen molar-refractivity contribution < 1.29 is 13.6 Å². The van der Waals surface area contributed by atoms with E-state index in [0.29, 0.717) is 11.3 Å². The average molecular weight is 351 g/mol. The van der Waals surface area contributed by atoms with Gasteiger partial charge in [-0.1, -0.05) is 28.1 Å². The van der Waals surface area contributed by atoms with Gasteiger partial charge in [0.05, 0.1) is 11.4 Å². The van der Waals surface area contributed by atoms with Crippen LogP contribution in [0.2, 0.25) is 0 Å². The Kier molecular flexibility index (Phi) is 3.55. The van der Waals surface area contributed by atoms with Crippen molar-refractivity contribution in [2.45, 2.75) is 6.30 Å². The minimum atomic E-state index is -2.08. The molecule has 0 aliphatic carbocycles. The number of amides is 1. The van der Waals surface area contributed by atoms with Gasteiger partial charge in [-0.05, 0) is 30.3 Å². The lowest BCUT2D eigenvalue weighted by molar-refractivity contribution is -0.120. The second-order valence-electron chi connectivity index (χ2n) is 4.47. The quantitative estimate of drug-likeness (QED) is 0.783. The molecule has 0 aromatic heterocycles. The maximum Gasteiger partial charge on any atom is 0.281 e. The zero-order valence-corrected chi connectivity index (χ0v) is 12.2. The van der Waals surface area contributed by atoms with Gasteiger partial charge in [-0.3, -0.25) is 4.79 Å². The molecule has 0 saturated heterocycles. The number of hydrogen-bond donors (Lipinski definition) is 1. The summed E-state index contributed by atoms with van der Waals surface area (Å²) < 4.78 is 28.6. The van der Waals surface area contributed by atoms with Crippen molar-refractivity contribution in [1.82, 2.24) is 0 Å². The molecule has 1 aliphatic heterocycles. The average Bonchev–Trinajstić information content (AvgIpc) is 2.58. The van der Waals surface area contributed by atoms with Crippen LogP contribution in [-0.4, -0.2) is 17.9 Å². The number of benzodiazepines with no additional fused rings is 1. The molecule has 0 fully saturated rings. The molecule has 2 aromatic carbocycles. The molecule has 3 rings (SSSR count). The molecule has 1 N–H and O–H groups in total. The zero-order valence-electron chi connectivity index (χ0n) is 10.6. The Morgan fingerprint density at radius 1 is 1.14 bits per heavy atom. The molecule has 1 heterocycles. The summed E-state index contributed by atoms with van der Waals surface area (Å²) >= 11 is 3.31. The van der Waals surface area contributed by atoms with Crippen LogP contribution in [0.3, 0.4) is 0 Å². The van der Waals surface area contributed by atoms with Gasteiger partial charge < -0.3 is 5.32 Å². The normalized spacial score (nSPS) is 17.6. The van der Waals surface area contributed by atoms with Gasteiger partial charge in [-0.25, -0.2) is 13.8 Å². The number of nitrogens with zero attached hydrogens (tertiary/aromatic N) is 1.